The lowest BCUT2D eigenvalue weighted by atomic mass is 9.93. The van der Waals surface area contributed by atoms with E-state index in [2.05, 4.69) is 4.99 Å². The van der Waals surface area contributed by atoms with Crippen LogP contribution in [-0.2, 0) is 4.79 Å². The van der Waals surface area contributed by atoms with Gasteiger partial charge in [-0.1, -0.05) is 0 Å². The Kier molecular flexibility index (Phi) is 5.46. The van der Waals surface area contributed by atoms with Crippen LogP contribution in [0.25, 0.3) is 0 Å². The molecule has 72 valence electrons. The van der Waals surface area contributed by atoms with Crippen LogP contribution in [0.1, 0.15) is 13.8 Å². The third-order valence-electron chi connectivity index (χ3n) is 1.32. The van der Waals surface area contributed by atoms with Crippen molar-refractivity contribution in [1.82, 2.24) is 0 Å². The van der Waals surface area contributed by atoms with Crippen molar-refractivity contribution >= 4 is 24.3 Å². The second-order valence-electron chi connectivity index (χ2n) is 2.99. The zero-order chi connectivity index (χ0) is 9.07. The van der Waals surface area contributed by atoms with Crippen LogP contribution < -0.4 is 17.2 Å². The van der Waals surface area contributed by atoms with Crippen LogP contribution >= 0.6 is 12.4 Å². The lowest BCUT2D eigenvalue weighted by Gasteiger charge is -2.16. The second-order valence-corrected chi connectivity index (χ2v) is 2.99. The molecule has 0 radical (unpaired) electrons. The predicted molar refractivity (Wildman–Crippen MR) is 50.9 cm³/mol. The number of amides is 1. The number of primary amides is 1. The molecule has 0 fully saturated rings. The Morgan fingerprint density at radius 1 is 1.33 bits per heavy atom. The number of carbonyl (C=O) groups is 1. The van der Waals surface area contributed by atoms with E-state index in [1.807, 2.05) is 0 Å². The van der Waals surface area contributed by atoms with Crippen molar-refractivity contribution in [1.29, 1.82) is 0 Å². The van der Waals surface area contributed by atoms with Crippen molar-refractivity contribution in [2.24, 2.45) is 27.6 Å². The molecule has 0 aliphatic rings. The lowest BCUT2D eigenvalue weighted by Crippen LogP contribution is -2.35. The van der Waals surface area contributed by atoms with E-state index in [1.165, 1.54) is 0 Å². The Bertz CT molecular complexity index is 186. The second kappa shape index (κ2) is 4.82. The predicted octanol–water partition coefficient (Wildman–Crippen LogP) is -0.807. The highest BCUT2D eigenvalue weighted by Gasteiger charge is 2.24. The fourth-order valence-corrected chi connectivity index (χ4v) is 0.367. The maximum Gasteiger partial charge on any atom is 0.224 e. The quantitative estimate of drug-likeness (QED) is 0.404. The Morgan fingerprint density at radius 3 is 2.00 bits per heavy atom. The molecule has 0 atom stereocenters. The maximum atomic E-state index is 10.7. The van der Waals surface area contributed by atoms with Gasteiger partial charge in [0.2, 0.25) is 5.91 Å². The van der Waals surface area contributed by atoms with E-state index < -0.39 is 11.3 Å². The zero-order valence-corrected chi connectivity index (χ0v) is 8.02. The highest BCUT2D eigenvalue weighted by molar-refractivity contribution is 5.85. The van der Waals surface area contributed by atoms with Crippen molar-refractivity contribution in [3.63, 3.8) is 0 Å². The molecule has 12 heavy (non-hydrogen) atoms. The van der Waals surface area contributed by atoms with Gasteiger partial charge in [0.1, 0.15) is 0 Å². The molecule has 0 saturated carbocycles. The molecule has 0 aromatic carbocycles. The highest BCUT2D eigenvalue weighted by atomic mass is 35.5. The van der Waals surface area contributed by atoms with Gasteiger partial charge >= 0.3 is 0 Å². The van der Waals surface area contributed by atoms with Crippen LogP contribution in [0.5, 0.6) is 0 Å². The molecule has 0 aliphatic heterocycles. The largest absolute Gasteiger partial charge is 0.370 e. The summed E-state index contributed by atoms with van der Waals surface area (Å²) >= 11 is 0. The molecule has 6 heteroatoms. The number of hydrogen-bond acceptors (Lipinski definition) is 2. The highest BCUT2D eigenvalue weighted by Crippen LogP contribution is 2.13. The first kappa shape index (κ1) is 13.6. The minimum absolute atomic E-state index is 0. The van der Waals surface area contributed by atoms with E-state index in [0.29, 0.717) is 0 Å². The molecular formula is C6H15ClN4O. The summed E-state index contributed by atoms with van der Waals surface area (Å²) in [6.45, 7) is 3.59. The van der Waals surface area contributed by atoms with Crippen LogP contribution in [-0.4, -0.2) is 18.4 Å². The summed E-state index contributed by atoms with van der Waals surface area (Å²) in [5.41, 5.74) is 14.5. The molecule has 0 unspecified atom stereocenters. The van der Waals surface area contributed by atoms with Crippen molar-refractivity contribution in [3.8, 4) is 0 Å². The van der Waals surface area contributed by atoms with E-state index >= 15 is 0 Å². The molecule has 0 rings (SSSR count). The number of carbonyl (C=O) groups excluding carboxylic acids is 1. The summed E-state index contributed by atoms with van der Waals surface area (Å²) in [5.74, 6) is -0.443. The van der Waals surface area contributed by atoms with Crippen LogP contribution in [0.2, 0.25) is 0 Å². The molecule has 0 heterocycles. The SMILES string of the molecule is CC(C)(CN=C(N)N)C(N)=O.Cl. The van der Waals surface area contributed by atoms with Gasteiger partial charge in [-0.15, -0.1) is 12.4 Å². The Balaban J connectivity index is 0. The standard InChI is InChI=1S/C6H14N4O.ClH/c1-6(2,4(7)11)3-10-5(8)9;/h3H2,1-2H3,(H2,7,11)(H4,8,9,10);1H. The number of halogens is 1. The smallest absolute Gasteiger partial charge is 0.224 e. The van der Waals surface area contributed by atoms with E-state index in [1.54, 1.807) is 13.8 Å². The molecule has 0 saturated heterocycles. The summed E-state index contributed by atoms with van der Waals surface area (Å²) < 4.78 is 0. The third kappa shape index (κ3) is 4.79. The molecule has 1 amide bonds. The first-order chi connectivity index (χ1) is 4.86. The molecule has 0 aromatic heterocycles. The number of aliphatic imine (C=N–C) groups is 1. The molecule has 0 aliphatic carbocycles. The van der Waals surface area contributed by atoms with Crippen LogP contribution in [0.4, 0.5) is 0 Å². The number of guanidine groups is 1. The van der Waals surface area contributed by atoms with Gasteiger partial charge < -0.3 is 17.2 Å². The van der Waals surface area contributed by atoms with Gasteiger partial charge in [-0.25, -0.2) is 0 Å². The van der Waals surface area contributed by atoms with Crippen LogP contribution in [0.15, 0.2) is 4.99 Å². The van der Waals surface area contributed by atoms with Gasteiger partial charge in [0, 0.05) is 0 Å². The Hall–Kier alpha value is -0.970. The maximum absolute atomic E-state index is 10.7. The summed E-state index contributed by atoms with van der Waals surface area (Å²) in [6.07, 6.45) is 0. The van der Waals surface area contributed by atoms with Crippen molar-refractivity contribution < 1.29 is 4.79 Å². The monoisotopic (exact) mass is 194 g/mol. The first-order valence-electron chi connectivity index (χ1n) is 3.21. The van der Waals surface area contributed by atoms with Gasteiger partial charge in [-0.3, -0.25) is 9.79 Å². The molecule has 0 aromatic rings. The fourth-order valence-electron chi connectivity index (χ4n) is 0.367. The fraction of sp³-hybridized carbons (Fsp3) is 0.667. The minimum atomic E-state index is -0.677. The van der Waals surface area contributed by atoms with Gasteiger partial charge in [0.05, 0.1) is 12.0 Å². The number of rotatable bonds is 3. The number of hydrogen-bond donors (Lipinski definition) is 3. The third-order valence-corrected chi connectivity index (χ3v) is 1.32. The molecular weight excluding hydrogens is 180 g/mol. The Morgan fingerprint density at radius 2 is 1.75 bits per heavy atom. The van der Waals surface area contributed by atoms with Crippen LogP contribution in [0.3, 0.4) is 0 Å². The first-order valence-corrected chi connectivity index (χ1v) is 3.21. The number of nitrogens with two attached hydrogens (primary N) is 3. The minimum Gasteiger partial charge on any atom is -0.370 e. The van der Waals surface area contributed by atoms with E-state index in [0.717, 1.165) is 0 Å². The topological polar surface area (TPSA) is 107 Å². The van der Waals surface area contributed by atoms with Crippen LogP contribution in [0, 0.1) is 5.41 Å². The van der Waals surface area contributed by atoms with Gasteiger partial charge in [-0.05, 0) is 13.8 Å². The Labute approximate surface area is 77.8 Å². The number of nitrogens with zero attached hydrogens (tertiary/aromatic N) is 1. The average molecular weight is 195 g/mol. The molecule has 0 bridgehead atoms. The van der Waals surface area contributed by atoms with E-state index in [4.69, 9.17) is 17.2 Å². The summed E-state index contributed by atoms with van der Waals surface area (Å²) in [4.78, 5) is 14.4. The normalized spacial score (nSPS) is 9.83. The lowest BCUT2D eigenvalue weighted by molar-refractivity contribution is -0.125. The molecule has 5 nitrogen and oxygen atoms in total. The summed E-state index contributed by atoms with van der Waals surface area (Å²) in [5, 5.41) is 0. The van der Waals surface area contributed by atoms with Crippen molar-refractivity contribution in [2.45, 2.75) is 13.8 Å². The molecule has 0 spiro atoms. The average Bonchev–Trinajstić information content (AvgIpc) is 1.84. The zero-order valence-electron chi connectivity index (χ0n) is 7.20. The van der Waals surface area contributed by atoms with Gasteiger partial charge in [0.15, 0.2) is 5.96 Å². The van der Waals surface area contributed by atoms with E-state index in [-0.39, 0.29) is 24.9 Å². The van der Waals surface area contributed by atoms with Gasteiger partial charge in [-0.2, -0.15) is 0 Å². The summed E-state index contributed by atoms with van der Waals surface area (Å²) in [7, 11) is 0. The van der Waals surface area contributed by atoms with Crippen molar-refractivity contribution in [3.05, 3.63) is 0 Å². The van der Waals surface area contributed by atoms with Gasteiger partial charge in [0.25, 0.3) is 0 Å². The van der Waals surface area contributed by atoms with Crippen molar-refractivity contribution in [2.75, 3.05) is 6.54 Å². The summed E-state index contributed by atoms with van der Waals surface area (Å²) in [6, 6.07) is 0. The molecule has 6 N–H and O–H groups in total. The van der Waals surface area contributed by atoms with E-state index in [9.17, 15) is 4.79 Å².